The molecule has 2 aliphatic rings. The highest BCUT2D eigenvalue weighted by Crippen LogP contribution is 2.36. The minimum atomic E-state index is -4.68. The number of thioether (sulfide) groups is 1. The second kappa shape index (κ2) is 10.5. The van der Waals surface area contributed by atoms with Crippen LogP contribution in [0.25, 0.3) is 0 Å². The minimum Gasteiger partial charge on any atom is -0.353 e. The van der Waals surface area contributed by atoms with Gasteiger partial charge in [-0.3, -0.25) is 19.7 Å². The van der Waals surface area contributed by atoms with Gasteiger partial charge in [-0.05, 0) is 37.8 Å². The average molecular weight is 474 g/mol. The van der Waals surface area contributed by atoms with Crippen molar-refractivity contribution in [2.45, 2.75) is 62.1 Å². The highest BCUT2D eigenvalue weighted by molar-refractivity contribution is 8.00. The topological polar surface area (TPSA) is 92.6 Å². The summed E-state index contributed by atoms with van der Waals surface area (Å²) in [7, 11) is 0. The number of likely N-dealkylation sites (tertiary alicyclic amines) is 1. The van der Waals surface area contributed by atoms with Gasteiger partial charge in [0.15, 0.2) is 0 Å². The first-order valence-electron chi connectivity index (χ1n) is 10.7. The molecule has 32 heavy (non-hydrogen) atoms. The maximum Gasteiger partial charge on any atom is 0.416 e. The molecule has 1 saturated carbocycles. The fourth-order valence-corrected chi connectivity index (χ4v) is 5.05. The van der Waals surface area contributed by atoms with Crippen LogP contribution in [0.4, 0.5) is 18.9 Å². The van der Waals surface area contributed by atoms with Crippen LogP contribution in [0.1, 0.15) is 50.5 Å². The Morgan fingerprint density at radius 1 is 1.12 bits per heavy atom. The van der Waals surface area contributed by atoms with Crippen LogP contribution in [0.3, 0.4) is 0 Å². The van der Waals surface area contributed by atoms with Crippen LogP contribution in [-0.2, 0) is 15.8 Å². The molecule has 2 amide bonds. The molecule has 1 aromatic rings. The van der Waals surface area contributed by atoms with Crippen LogP contribution in [-0.4, -0.2) is 46.5 Å². The average Bonchev–Trinajstić information content (AvgIpc) is 2.77. The zero-order chi connectivity index (χ0) is 23.3. The van der Waals surface area contributed by atoms with E-state index in [9.17, 15) is 32.9 Å². The van der Waals surface area contributed by atoms with Gasteiger partial charge in [-0.2, -0.15) is 13.2 Å². The number of nitro groups is 1. The van der Waals surface area contributed by atoms with E-state index in [4.69, 9.17) is 0 Å². The Bertz CT molecular complexity index is 851. The Kier molecular flexibility index (Phi) is 8.02. The highest BCUT2D eigenvalue weighted by Gasteiger charge is 2.33. The van der Waals surface area contributed by atoms with Crippen LogP contribution < -0.4 is 5.32 Å². The minimum absolute atomic E-state index is 0.0194. The Morgan fingerprint density at radius 3 is 2.38 bits per heavy atom. The Morgan fingerprint density at radius 2 is 1.78 bits per heavy atom. The zero-order valence-corrected chi connectivity index (χ0v) is 18.3. The van der Waals surface area contributed by atoms with Crippen molar-refractivity contribution in [3.63, 3.8) is 0 Å². The number of halogens is 3. The maximum absolute atomic E-state index is 12.8. The predicted molar refractivity (Wildman–Crippen MR) is 113 cm³/mol. The standard InChI is InChI=1S/C21H26F3N3O4S/c22-21(23,24)15-6-7-18(17(12-15)27(30)31)32-13-19(28)26-10-8-16(9-11-26)25-20(29)14-4-2-1-3-5-14/h6-7,12,14,16H,1-5,8-11,13H2,(H,25,29). The summed E-state index contributed by atoms with van der Waals surface area (Å²) in [5.74, 6) is -0.161. The number of hydrogen-bond acceptors (Lipinski definition) is 5. The quantitative estimate of drug-likeness (QED) is 0.376. The van der Waals surface area contributed by atoms with E-state index in [0.29, 0.717) is 32.0 Å². The summed E-state index contributed by atoms with van der Waals surface area (Å²) in [5.41, 5.74) is -1.76. The van der Waals surface area contributed by atoms with Crippen molar-refractivity contribution in [2.75, 3.05) is 18.8 Å². The van der Waals surface area contributed by atoms with Crippen molar-refractivity contribution >= 4 is 29.3 Å². The number of alkyl halides is 3. The Hall–Kier alpha value is -2.30. The summed E-state index contributed by atoms with van der Waals surface area (Å²) in [6, 6.07) is 2.33. The third kappa shape index (κ3) is 6.36. The van der Waals surface area contributed by atoms with E-state index < -0.39 is 22.4 Å². The molecule has 1 saturated heterocycles. The smallest absolute Gasteiger partial charge is 0.353 e. The SMILES string of the molecule is O=C(NC1CCN(C(=O)CSc2ccc(C(F)(F)F)cc2[N+](=O)[O-])CC1)C1CCCCC1. The van der Waals surface area contributed by atoms with E-state index in [2.05, 4.69) is 5.32 Å². The predicted octanol–water partition coefficient (Wildman–Crippen LogP) is 4.39. The van der Waals surface area contributed by atoms with Crippen molar-refractivity contribution in [1.82, 2.24) is 10.2 Å². The molecule has 1 aromatic carbocycles. The molecule has 1 heterocycles. The largest absolute Gasteiger partial charge is 0.416 e. The Balaban J connectivity index is 1.49. The fraction of sp³-hybridized carbons (Fsp3) is 0.619. The number of carbonyl (C=O) groups is 2. The summed E-state index contributed by atoms with van der Waals surface area (Å²) >= 11 is 0.857. The van der Waals surface area contributed by atoms with Gasteiger partial charge >= 0.3 is 6.18 Å². The van der Waals surface area contributed by atoms with Crippen LogP contribution >= 0.6 is 11.8 Å². The summed E-state index contributed by atoms with van der Waals surface area (Å²) in [6.07, 6.45) is 1.79. The fourth-order valence-electron chi connectivity index (χ4n) is 4.15. The number of nitro benzene ring substituents is 1. The molecule has 176 valence electrons. The van der Waals surface area contributed by atoms with Crippen molar-refractivity contribution in [1.29, 1.82) is 0 Å². The lowest BCUT2D eigenvalue weighted by Gasteiger charge is -2.33. The normalized spacial score (nSPS) is 18.4. The lowest BCUT2D eigenvalue weighted by molar-refractivity contribution is -0.388. The van der Waals surface area contributed by atoms with E-state index in [-0.39, 0.29) is 34.4 Å². The molecule has 0 aromatic heterocycles. The van der Waals surface area contributed by atoms with Crippen LogP contribution in [0.5, 0.6) is 0 Å². The molecular weight excluding hydrogens is 447 g/mol. The first-order chi connectivity index (χ1) is 15.1. The molecule has 0 bridgehead atoms. The van der Waals surface area contributed by atoms with Gasteiger partial charge in [0.1, 0.15) is 0 Å². The van der Waals surface area contributed by atoms with Crippen molar-refractivity contribution in [3.8, 4) is 0 Å². The number of benzene rings is 1. The van der Waals surface area contributed by atoms with Gasteiger partial charge in [-0.15, -0.1) is 11.8 Å². The lowest BCUT2D eigenvalue weighted by Crippen LogP contribution is -2.48. The molecular formula is C21H26F3N3O4S. The molecule has 0 radical (unpaired) electrons. The van der Waals surface area contributed by atoms with Crippen molar-refractivity contribution in [3.05, 3.63) is 33.9 Å². The van der Waals surface area contributed by atoms with Gasteiger partial charge in [0, 0.05) is 31.1 Å². The van der Waals surface area contributed by atoms with Gasteiger partial charge < -0.3 is 10.2 Å². The Labute approximate surface area is 188 Å². The molecule has 0 unspecified atom stereocenters. The second-order valence-electron chi connectivity index (χ2n) is 8.22. The van der Waals surface area contributed by atoms with Gasteiger partial charge in [0.2, 0.25) is 11.8 Å². The van der Waals surface area contributed by atoms with Gasteiger partial charge in [-0.1, -0.05) is 19.3 Å². The maximum atomic E-state index is 12.8. The second-order valence-corrected chi connectivity index (χ2v) is 9.24. The van der Waals surface area contributed by atoms with Crippen molar-refractivity contribution < 1.29 is 27.7 Å². The molecule has 1 N–H and O–H groups in total. The first-order valence-corrected chi connectivity index (χ1v) is 11.7. The van der Waals surface area contributed by atoms with Crippen LogP contribution in [0.15, 0.2) is 23.1 Å². The molecule has 7 nitrogen and oxygen atoms in total. The molecule has 1 aliphatic carbocycles. The highest BCUT2D eigenvalue weighted by atomic mass is 32.2. The third-order valence-corrected chi connectivity index (χ3v) is 7.05. The number of nitrogens with zero attached hydrogens (tertiary/aromatic N) is 2. The molecule has 11 heteroatoms. The van der Waals surface area contributed by atoms with Crippen LogP contribution in [0, 0.1) is 16.0 Å². The van der Waals surface area contributed by atoms with E-state index in [1.807, 2.05) is 0 Å². The summed E-state index contributed by atoms with van der Waals surface area (Å²) in [5, 5.41) is 14.3. The van der Waals surface area contributed by atoms with E-state index in [1.54, 1.807) is 4.90 Å². The van der Waals surface area contributed by atoms with E-state index in [0.717, 1.165) is 49.6 Å². The van der Waals surface area contributed by atoms with E-state index in [1.165, 1.54) is 6.42 Å². The molecule has 2 fully saturated rings. The van der Waals surface area contributed by atoms with Crippen LogP contribution in [0.2, 0.25) is 0 Å². The number of piperidine rings is 1. The van der Waals surface area contributed by atoms with Gasteiger partial charge in [0.05, 0.1) is 21.1 Å². The number of rotatable bonds is 6. The first kappa shape index (κ1) is 24.3. The number of amides is 2. The van der Waals surface area contributed by atoms with Gasteiger partial charge in [-0.25, -0.2) is 0 Å². The van der Waals surface area contributed by atoms with Crippen molar-refractivity contribution in [2.24, 2.45) is 5.92 Å². The molecule has 1 aliphatic heterocycles. The summed E-state index contributed by atoms with van der Waals surface area (Å²) < 4.78 is 38.5. The number of nitrogens with one attached hydrogen (secondary N) is 1. The monoisotopic (exact) mass is 473 g/mol. The molecule has 0 spiro atoms. The molecule has 0 atom stereocenters. The summed E-state index contributed by atoms with van der Waals surface area (Å²) in [4.78, 5) is 36.9. The third-order valence-electron chi connectivity index (χ3n) is 6.00. The zero-order valence-electron chi connectivity index (χ0n) is 17.5. The molecule has 3 rings (SSSR count). The number of carbonyl (C=O) groups excluding carboxylic acids is 2. The lowest BCUT2D eigenvalue weighted by atomic mass is 9.88. The number of hydrogen-bond donors (Lipinski definition) is 1. The summed E-state index contributed by atoms with van der Waals surface area (Å²) in [6.45, 7) is 0.925. The van der Waals surface area contributed by atoms with E-state index >= 15 is 0 Å². The van der Waals surface area contributed by atoms with Gasteiger partial charge in [0.25, 0.3) is 5.69 Å².